The van der Waals surface area contributed by atoms with Crippen LogP contribution in [0.15, 0.2) is 23.8 Å². The lowest BCUT2D eigenvalue weighted by Crippen LogP contribution is -1.89. The fourth-order valence-corrected chi connectivity index (χ4v) is 1.31. The standard InChI is InChI=1S/C10H9Cl2NO2/c1-7(6-11)4-8-5-9(13(14)15)2-3-10(8)12/h2-5H,6H2,1H3/b7-4+. The van der Waals surface area contributed by atoms with Gasteiger partial charge < -0.3 is 0 Å². The highest BCUT2D eigenvalue weighted by Crippen LogP contribution is 2.24. The van der Waals surface area contributed by atoms with E-state index in [1.165, 1.54) is 18.2 Å². The Kier molecular flexibility index (Phi) is 4.12. The summed E-state index contributed by atoms with van der Waals surface area (Å²) in [5.41, 5.74) is 1.54. The van der Waals surface area contributed by atoms with E-state index in [1.807, 2.05) is 6.92 Å². The van der Waals surface area contributed by atoms with Crippen molar-refractivity contribution in [3.63, 3.8) is 0 Å². The molecular weight excluding hydrogens is 237 g/mol. The molecule has 0 bridgehead atoms. The Hall–Kier alpha value is -1.06. The summed E-state index contributed by atoms with van der Waals surface area (Å²) in [6.45, 7) is 1.84. The van der Waals surface area contributed by atoms with Gasteiger partial charge in [-0.2, -0.15) is 0 Å². The van der Waals surface area contributed by atoms with Crippen molar-refractivity contribution in [2.75, 3.05) is 5.88 Å². The molecule has 1 rings (SSSR count). The van der Waals surface area contributed by atoms with Gasteiger partial charge in [0.25, 0.3) is 5.69 Å². The molecular formula is C10H9Cl2NO2. The molecule has 5 heteroatoms. The fraction of sp³-hybridized carbons (Fsp3) is 0.200. The van der Waals surface area contributed by atoms with Gasteiger partial charge in [0.1, 0.15) is 0 Å². The van der Waals surface area contributed by atoms with Crippen molar-refractivity contribution in [2.24, 2.45) is 0 Å². The first-order valence-electron chi connectivity index (χ1n) is 4.21. The maximum Gasteiger partial charge on any atom is 0.270 e. The predicted octanol–water partition coefficient (Wildman–Crippen LogP) is 3.89. The van der Waals surface area contributed by atoms with Crippen LogP contribution in [0.25, 0.3) is 6.08 Å². The molecule has 0 amide bonds. The van der Waals surface area contributed by atoms with E-state index in [1.54, 1.807) is 6.08 Å². The van der Waals surface area contributed by atoms with E-state index < -0.39 is 4.92 Å². The number of halogens is 2. The molecule has 0 aromatic heterocycles. The third kappa shape index (κ3) is 3.22. The maximum absolute atomic E-state index is 10.5. The zero-order chi connectivity index (χ0) is 11.4. The van der Waals surface area contributed by atoms with Crippen molar-refractivity contribution in [1.82, 2.24) is 0 Å². The molecule has 80 valence electrons. The minimum atomic E-state index is -0.455. The minimum Gasteiger partial charge on any atom is -0.258 e. The molecule has 0 spiro atoms. The molecule has 1 aromatic carbocycles. The topological polar surface area (TPSA) is 43.1 Å². The van der Waals surface area contributed by atoms with Crippen molar-refractivity contribution in [2.45, 2.75) is 6.92 Å². The van der Waals surface area contributed by atoms with Crippen LogP contribution in [0.2, 0.25) is 5.02 Å². The first-order valence-corrected chi connectivity index (χ1v) is 5.13. The van der Waals surface area contributed by atoms with E-state index in [0.29, 0.717) is 16.5 Å². The number of nitro benzene ring substituents is 1. The molecule has 0 unspecified atom stereocenters. The second-order valence-corrected chi connectivity index (χ2v) is 3.76. The third-order valence-corrected chi connectivity index (χ3v) is 2.57. The summed E-state index contributed by atoms with van der Waals surface area (Å²) in [5.74, 6) is 0.374. The second-order valence-electron chi connectivity index (χ2n) is 3.09. The Morgan fingerprint density at radius 1 is 1.60 bits per heavy atom. The van der Waals surface area contributed by atoms with E-state index in [9.17, 15) is 10.1 Å². The fourth-order valence-electron chi connectivity index (χ4n) is 1.06. The van der Waals surface area contributed by atoms with Crippen LogP contribution in [0.3, 0.4) is 0 Å². The monoisotopic (exact) mass is 245 g/mol. The Bertz CT molecular complexity index is 416. The van der Waals surface area contributed by atoms with Crippen LogP contribution in [0.5, 0.6) is 0 Å². The molecule has 1 aromatic rings. The lowest BCUT2D eigenvalue weighted by atomic mass is 10.1. The predicted molar refractivity (Wildman–Crippen MR) is 62.5 cm³/mol. The van der Waals surface area contributed by atoms with Gasteiger partial charge in [0.05, 0.1) is 4.92 Å². The molecule has 3 nitrogen and oxygen atoms in total. The summed E-state index contributed by atoms with van der Waals surface area (Å²) < 4.78 is 0. The maximum atomic E-state index is 10.5. The van der Waals surface area contributed by atoms with Gasteiger partial charge in [-0.1, -0.05) is 23.3 Å². The number of benzene rings is 1. The first kappa shape index (κ1) is 12.0. The highest BCUT2D eigenvalue weighted by atomic mass is 35.5. The van der Waals surface area contributed by atoms with E-state index in [4.69, 9.17) is 23.2 Å². The molecule has 15 heavy (non-hydrogen) atoms. The van der Waals surface area contributed by atoms with Crippen molar-refractivity contribution in [3.05, 3.63) is 44.5 Å². The number of non-ortho nitro benzene ring substituents is 1. The molecule has 0 heterocycles. The zero-order valence-electron chi connectivity index (χ0n) is 8.04. The van der Waals surface area contributed by atoms with Gasteiger partial charge in [0.2, 0.25) is 0 Å². The molecule has 0 saturated carbocycles. The average molecular weight is 246 g/mol. The van der Waals surface area contributed by atoms with Gasteiger partial charge >= 0.3 is 0 Å². The molecule has 0 N–H and O–H groups in total. The minimum absolute atomic E-state index is 0.0213. The summed E-state index contributed by atoms with van der Waals surface area (Å²) >= 11 is 11.5. The largest absolute Gasteiger partial charge is 0.270 e. The molecule has 0 radical (unpaired) electrons. The number of nitrogens with zero attached hydrogens (tertiary/aromatic N) is 1. The number of rotatable bonds is 3. The Morgan fingerprint density at radius 2 is 2.27 bits per heavy atom. The normalized spacial score (nSPS) is 11.5. The van der Waals surface area contributed by atoms with Crippen LogP contribution in [0.1, 0.15) is 12.5 Å². The van der Waals surface area contributed by atoms with E-state index in [-0.39, 0.29) is 5.69 Å². The van der Waals surface area contributed by atoms with Crippen LogP contribution < -0.4 is 0 Å². The Balaban J connectivity index is 3.17. The van der Waals surface area contributed by atoms with Crippen LogP contribution in [0, 0.1) is 10.1 Å². The van der Waals surface area contributed by atoms with Crippen LogP contribution in [-0.4, -0.2) is 10.8 Å². The van der Waals surface area contributed by atoms with Crippen LogP contribution in [-0.2, 0) is 0 Å². The molecule has 0 aliphatic heterocycles. The summed E-state index contributed by atoms with van der Waals surface area (Å²) in [6.07, 6.45) is 1.74. The Morgan fingerprint density at radius 3 is 2.80 bits per heavy atom. The SMILES string of the molecule is C/C(=C\c1cc([N+](=O)[O-])ccc1Cl)CCl. The zero-order valence-corrected chi connectivity index (χ0v) is 9.55. The lowest BCUT2D eigenvalue weighted by molar-refractivity contribution is -0.384. The highest BCUT2D eigenvalue weighted by molar-refractivity contribution is 6.32. The number of hydrogen-bond donors (Lipinski definition) is 0. The number of allylic oxidation sites excluding steroid dienone is 1. The molecule has 0 fully saturated rings. The third-order valence-electron chi connectivity index (χ3n) is 1.80. The first-order chi connectivity index (χ1) is 7.04. The summed E-state index contributed by atoms with van der Waals surface area (Å²) in [6, 6.07) is 4.31. The highest BCUT2D eigenvalue weighted by Gasteiger charge is 2.07. The molecule has 0 atom stereocenters. The van der Waals surface area contributed by atoms with Crippen molar-refractivity contribution in [1.29, 1.82) is 0 Å². The molecule has 0 aliphatic rings. The van der Waals surface area contributed by atoms with Gasteiger partial charge in [0, 0.05) is 23.0 Å². The van der Waals surface area contributed by atoms with Crippen molar-refractivity contribution >= 4 is 35.0 Å². The van der Waals surface area contributed by atoms with E-state index in [0.717, 1.165) is 5.57 Å². The van der Waals surface area contributed by atoms with Gasteiger partial charge in [0.15, 0.2) is 0 Å². The Labute approximate surface area is 97.5 Å². The van der Waals surface area contributed by atoms with Crippen molar-refractivity contribution < 1.29 is 4.92 Å². The quantitative estimate of drug-likeness (QED) is 0.461. The smallest absolute Gasteiger partial charge is 0.258 e. The summed E-state index contributed by atoms with van der Waals surface area (Å²) in [7, 11) is 0. The second kappa shape index (κ2) is 5.14. The lowest BCUT2D eigenvalue weighted by Gasteiger charge is -2.00. The molecule has 0 aliphatic carbocycles. The number of hydrogen-bond acceptors (Lipinski definition) is 2. The summed E-state index contributed by atoms with van der Waals surface area (Å²) in [5, 5.41) is 11.0. The number of alkyl halides is 1. The van der Waals surface area contributed by atoms with Crippen LogP contribution >= 0.6 is 23.2 Å². The van der Waals surface area contributed by atoms with E-state index in [2.05, 4.69) is 0 Å². The number of nitro groups is 1. The van der Waals surface area contributed by atoms with Gasteiger partial charge in [-0.05, 0) is 18.6 Å². The van der Waals surface area contributed by atoms with Gasteiger partial charge in [-0.25, -0.2) is 0 Å². The van der Waals surface area contributed by atoms with Crippen LogP contribution in [0.4, 0.5) is 5.69 Å². The van der Waals surface area contributed by atoms with E-state index >= 15 is 0 Å². The summed E-state index contributed by atoms with van der Waals surface area (Å²) in [4.78, 5) is 10.1. The molecule has 0 saturated heterocycles. The van der Waals surface area contributed by atoms with Gasteiger partial charge in [-0.3, -0.25) is 10.1 Å². The van der Waals surface area contributed by atoms with Gasteiger partial charge in [-0.15, -0.1) is 11.6 Å². The average Bonchev–Trinajstić information content (AvgIpc) is 2.20. The van der Waals surface area contributed by atoms with Crippen molar-refractivity contribution in [3.8, 4) is 0 Å².